The summed E-state index contributed by atoms with van der Waals surface area (Å²) >= 11 is 0. The van der Waals surface area contributed by atoms with Gasteiger partial charge in [-0.25, -0.2) is 0 Å². The molecule has 5 atom stereocenters. The average molecular weight is 626 g/mol. The fraction of sp³-hybridized carbons (Fsp3) is 0.583. The van der Waals surface area contributed by atoms with E-state index in [0.29, 0.717) is 12.8 Å². The molecule has 19 nitrogen and oxygen atoms in total. The Kier molecular flexibility index (Phi) is 22.9. The highest BCUT2D eigenvalue weighted by molar-refractivity contribution is 5.82. The van der Waals surface area contributed by atoms with E-state index in [1.165, 1.54) is 0 Å². The largest absolute Gasteiger partial charge is 0.481 e. The smallest absolute Gasteiger partial charge is 0.320 e. The molecular weight excluding hydrogens is 586 g/mol. The molecule has 43 heavy (non-hydrogen) atoms. The molecule has 0 aromatic carbocycles. The van der Waals surface area contributed by atoms with Crippen LogP contribution in [0.1, 0.15) is 58.3 Å². The van der Waals surface area contributed by atoms with E-state index in [4.69, 9.17) is 58.1 Å². The number of carbonyl (C=O) groups is 8. The summed E-state index contributed by atoms with van der Waals surface area (Å²) in [6, 6.07) is -3.18. The van der Waals surface area contributed by atoms with Crippen LogP contribution in [-0.4, -0.2) is 107 Å². The molecule has 0 heterocycles. The van der Waals surface area contributed by atoms with Crippen LogP contribution < -0.4 is 17.2 Å². The number of hydrogen-bond donors (Lipinski definition) is 11. The summed E-state index contributed by atoms with van der Waals surface area (Å²) in [5.41, 5.74) is 16.0. The second-order valence-corrected chi connectivity index (χ2v) is 8.99. The van der Waals surface area contributed by atoms with Gasteiger partial charge in [-0.2, -0.15) is 0 Å². The van der Waals surface area contributed by atoms with Gasteiger partial charge in [0.25, 0.3) is 0 Å². The van der Waals surface area contributed by atoms with Crippen molar-refractivity contribution in [2.45, 2.75) is 76.4 Å². The second-order valence-electron chi connectivity index (χ2n) is 8.99. The number of allylic oxidation sites excluding steroid dienone is 1. The molecule has 0 amide bonds. The summed E-state index contributed by atoms with van der Waals surface area (Å²) in [5, 5.41) is 66.3. The molecule has 0 radical (unpaired) electrons. The first-order chi connectivity index (χ1) is 19.6. The van der Waals surface area contributed by atoms with Crippen molar-refractivity contribution in [1.82, 2.24) is 0 Å². The van der Waals surface area contributed by atoms with Gasteiger partial charge >= 0.3 is 47.8 Å². The maximum absolute atomic E-state index is 10.7. The summed E-state index contributed by atoms with van der Waals surface area (Å²) in [7, 11) is 0. The number of aliphatic carboxylic acids is 8. The van der Waals surface area contributed by atoms with Crippen LogP contribution in [0.3, 0.4) is 0 Å². The van der Waals surface area contributed by atoms with E-state index >= 15 is 0 Å². The summed E-state index contributed by atoms with van der Waals surface area (Å²) in [5.74, 6) is -10.3. The van der Waals surface area contributed by atoms with Gasteiger partial charge in [0, 0.05) is 19.3 Å². The first-order valence-electron chi connectivity index (χ1n) is 12.4. The van der Waals surface area contributed by atoms with Gasteiger partial charge in [-0.3, -0.25) is 38.4 Å². The highest BCUT2D eigenvalue weighted by Crippen LogP contribution is 2.29. The minimum absolute atomic E-state index is 0.0231. The number of rotatable bonds is 14. The SMILES string of the molecule is CC1=CC(C(=O)O)C(C(=O)O)CC1.N[C@@H](CCC(=O)O)C(=O)O.N[C@@H](CCC(=O)O)C(=O)O.N[C@@H](CCC(=O)O)C(=O)O. The lowest BCUT2D eigenvalue weighted by molar-refractivity contribution is -0.152. The number of carboxylic acid groups (broad SMARTS) is 8. The molecule has 0 saturated heterocycles. The van der Waals surface area contributed by atoms with Crippen molar-refractivity contribution in [3.05, 3.63) is 11.6 Å². The summed E-state index contributed by atoms with van der Waals surface area (Å²) in [6.07, 6.45) is 1.98. The Morgan fingerprint density at radius 3 is 1.14 bits per heavy atom. The topological polar surface area (TPSA) is 376 Å². The standard InChI is InChI=1S/C9H12O4.3C5H9NO4/c1-5-2-3-6(8(10)11)7(4-5)9(12)13;3*6-3(5(9)10)1-2-4(7)8/h4,6-7H,2-3H2,1H3,(H,10,11)(H,12,13);3*3H,1-2,6H2,(H,7,8)(H,9,10)/t;3*3-/m.000/s1. The molecular formula is C24H39N3O16. The molecule has 0 saturated carbocycles. The van der Waals surface area contributed by atoms with E-state index in [0.717, 1.165) is 5.57 Å². The van der Waals surface area contributed by atoms with E-state index in [-0.39, 0.29) is 38.5 Å². The molecule has 0 aromatic rings. The number of nitrogens with two attached hydrogens (primary N) is 3. The van der Waals surface area contributed by atoms with Crippen molar-refractivity contribution < 1.29 is 79.2 Å². The van der Waals surface area contributed by atoms with Gasteiger partial charge in [-0.05, 0) is 39.0 Å². The Morgan fingerprint density at radius 2 is 0.930 bits per heavy atom. The van der Waals surface area contributed by atoms with Gasteiger partial charge in [0.1, 0.15) is 18.1 Å². The molecule has 0 aromatic heterocycles. The van der Waals surface area contributed by atoms with Crippen LogP contribution in [0.4, 0.5) is 0 Å². The highest BCUT2D eigenvalue weighted by atomic mass is 16.4. The Hall–Kier alpha value is -4.62. The summed E-state index contributed by atoms with van der Waals surface area (Å²) in [4.78, 5) is 81.0. The van der Waals surface area contributed by atoms with Gasteiger partial charge in [0.15, 0.2) is 0 Å². The minimum atomic E-state index is -1.17. The number of hydrogen-bond acceptors (Lipinski definition) is 11. The van der Waals surface area contributed by atoms with Gasteiger partial charge < -0.3 is 58.1 Å². The monoisotopic (exact) mass is 625 g/mol. The molecule has 14 N–H and O–H groups in total. The third-order valence-corrected chi connectivity index (χ3v) is 5.31. The van der Waals surface area contributed by atoms with E-state index in [1.54, 1.807) is 6.08 Å². The zero-order chi connectivity index (χ0) is 34.4. The van der Waals surface area contributed by atoms with Crippen LogP contribution in [0.2, 0.25) is 0 Å². The summed E-state index contributed by atoms with van der Waals surface area (Å²) < 4.78 is 0. The van der Waals surface area contributed by atoms with E-state index in [1.807, 2.05) is 6.92 Å². The van der Waals surface area contributed by atoms with Crippen LogP contribution in [0.25, 0.3) is 0 Å². The molecule has 246 valence electrons. The molecule has 1 aliphatic rings. The lowest BCUT2D eigenvalue weighted by atomic mass is 9.81. The average Bonchev–Trinajstić information content (AvgIpc) is 2.89. The highest BCUT2D eigenvalue weighted by Gasteiger charge is 2.34. The zero-order valence-electron chi connectivity index (χ0n) is 23.2. The van der Waals surface area contributed by atoms with Gasteiger partial charge in [-0.1, -0.05) is 11.6 Å². The van der Waals surface area contributed by atoms with Crippen molar-refractivity contribution in [3.8, 4) is 0 Å². The first-order valence-corrected chi connectivity index (χ1v) is 12.4. The fourth-order valence-electron chi connectivity index (χ4n) is 2.80. The van der Waals surface area contributed by atoms with Crippen LogP contribution in [-0.2, 0) is 38.4 Å². The van der Waals surface area contributed by atoms with Crippen molar-refractivity contribution in [1.29, 1.82) is 0 Å². The van der Waals surface area contributed by atoms with Crippen LogP contribution in [0, 0.1) is 11.8 Å². The van der Waals surface area contributed by atoms with E-state index in [9.17, 15) is 38.4 Å². The van der Waals surface area contributed by atoms with Gasteiger partial charge in [0.05, 0.1) is 11.8 Å². The quantitative estimate of drug-likeness (QED) is 0.102. The molecule has 2 unspecified atom stereocenters. The van der Waals surface area contributed by atoms with E-state index in [2.05, 4.69) is 0 Å². The second kappa shape index (κ2) is 23.0. The molecule has 0 aliphatic heterocycles. The van der Waals surface area contributed by atoms with Crippen molar-refractivity contribution in [3.63, 3.8) is 0 Å². The Bertz CT molecular complexity index is 932. The fourth-order valence-corrected chi connectivity index (χ4v) is 2.80. The molecule has 1 aliphatic carbocycles. The predicted octanol–water partition coefficient (Wildman–Crippen LogP) is -1.08. The Balaban J connectivity index is -0.000000501. The Morgan fingerprint density at radius 1 is 0.628 bits per heavy atom. The molecule has 1 rings (SSSR count). The summed E-state index contributed by atoms with van der Waals surface area (Å²) in [6.45, 7) is 1.83. The minimum Gasteiger partial charge on any atom is -0.481 e. The van der Waals surface area contributed by atoms with Crippen molar-refractivity contribution in [2.24, 2.45) is 29.0 Å². The third kappa shape index (κ3) is 24.9. The van der Waals surface area contributed by atoms with Crippen LogP contribution in [0.5, 0.6) is 0 Å². The van der Waals surface area contributed by atoms with Gasteiger partial charge in [0.2, 0.25) is 0 Å². The van der Waals surface area contributed by atoms with Crippen molar-refractivity contribution >= 4 is 47.8 Å². The number of carboxylic acids is 8. The van der Waals surface area contributed by atoms with Crippen LogP contribution in [0.15, 0.2) is 11.6 Å². The predicted molar refractivity (Wildman–Crippen MR) is 143 cm³/mol. The molecule has 0 fully saturated rings. The molecule has 0 bridgehead atoms. The maximum atomic E-state index is 10.7. The Labute approximate surface area is 244 Å². The lowest BCUT2D eigenvalue weighted by Gasteiger charge is -2.22. The van der Waals surface area contributed by atoms with Crippen LogP contribution >= 0.6 is 0 Å². The molecule has 19 heteroatoms. The first kappa shape index (κ1) is 42.8. The maximum Gasteiger partial charge on any atom is 0.320 e. The van der Waals surface area contributed by atoms with Gasteiger partial charge in [-0.15, -0.1) is 0 Å². The zero-order valence-corrected chi connectivity index (χ0v) is 23.2. The molecule has 0 spiro atoms. The lowest BCUT2D eigenvalue weighted by Crippen LogP contribution is -2.30. The third-order valence-electron chi connectivity index (χ3n) is 5.31. The van der Waals surface area contributed by atoms with Crippen molar-refractivity contribution in [2.75, 3.05) is 0 Å². The van der Waals surface area contributed by atoms with E-state index < -0.39 is 77.7 Å². The normalized spacial score (nSPS) is 17.2.